The smallest absolute Gasteiger partial charge is 0.415 e. The SMILES string of the molecule is COC(=O)N1c2ccccc2[C@]2(CCC(C)(C)OCc3ccccc3)CC(=O)N(C)[C@H]12. The average Bonchev–Trinajstić information content (AvgIpc) is 3.20. The topological polar surface area (TPSA) is 59.1 Å². The molecule has 0 N–H and O–H groups in total. The molecule has 2 aromatic rings. The molecule has 0 saturated carbocycles. The quantitative estimate of drug-likeness (QED) is 0.689. The Morgan fingerprint density at radius 1 is 1.13 bits per heavy atom. The predicted molar refractivity (Wildman–Crippen MR) is 119 cm³/mol. The number of benzene rings is 2. The van der Waals surface area contributed by atoms with Crippen LogP contribution >= 0.6 is 0 Å². The third-order valence-corrected chi connectivity index (χ3v) is 6.68. The first-order chi connectivity index (χ1) is 14.8. The molecule has 0 spiro atoms. The highest BCUT2D eigenvalue weighted by molar-refractivity contribution is 5.96. The molecule has 1 fully saturated rings. The van der Waals surface area contributed by atoms with Gasteiger partial charge in [0.15, 0.2) is 0 Å². The number of hydrogen-bond donors (Lipinski definition) is 0. The molecule has 0 aliphatic carbocycles. The molecular formula is C25H30N2O4. The summed E-state index contributed by atoms with van der Waals surface area (Å²) in [6.07, 6.45) is 1.00. The normalized spacial score (nSPS) is 22.5. The minimum atomic E-state index is -0.482. The first-order valence-corrected chi connectivity index (χ1v) is 10.7. The number of amides is 2. The van der Waals surface area contributed by atoms with E-state index in [1.807, 2.05) is 42.5 Å². The number of methoxy groups -OCH3 is 1. The maximum absolute atomic E-state index is 12.8. The molecule has 2 heterocycles. The van der Waals surface area contributed by atoms with Gasteiger partial charge in [-0.1, -0.05) is 48.5 Å². The third-order valence-electron chi connectivity index (χ3n) is 6.68. The molecule has 2 aromatic carbocycles. The lowest BCUT2D eigenvalue weighted by atomic mass is 9.73. The van der Waals surface area contributed by atoms with Crippen molar-refractivity contribution < 1.29 is 19.1 Å². The summed E-state index contributed by atoms with van der Waals surface area (Å²) in [5.74, 6) is 0.0383. The fourth-order valence-electron chi connectivity index (χ4n) is 4.98. The highest BCUT2D eigenvalue weighted by Gasteiger charge is 2.61. The van der Waals surface area contributed by atoms with Crippen molar-refractivity contribution in [2.24, 2.45) is 0 Å². The van der Waals surface area contributed by atoms with Crippen LogP contribution in [0.3, 0.4) is 0 Å². The van der Waals surface area contributed by atoms with Gasteiger partial charge in [0.1, 0.15) is 6.17 Å². The largest absolute Gasteiger partial charge is 0.452 e. The summed E-state index contributed by atoms with van der Waals surface area (Å²) in [7, 11) is 3.15. The number of nitrogens with zero attached hydrogens (tertiary/aromatic N) is 2. The molecule has 31 heavy (non-hydrogen) atoms. The van der Waals surface area contributed by atoms with E-state index in [1.54, 1.807) is 16.8 Å². The maximum Gasteiger partial charge on any atom is 0.415 e. The minimum absolute atomic E-state index is 0.0383. The Morgan fingerprint density at radius 2 is 1.81 bits per heavy atom. The molecular weight excluding hydrogens is 392 g/mol. The summed E-state index contributed by atoms with van der Waals surface area (Å²) in [4.78, 5) is 28.9. The average molecular weight is 423 g/mol. The van der Waals surface area contributed by atoms with Crippen LogP contribution in [0.1, 0.15) is 44.2 Å². The summed E-state index contributed by atoms with van der Waals surface area (Å²) in [6, 6.07) is 18.0. The lowest BCUT2D eigenvalue weighted by Gasteiger charge is -2.36. The van der Waals surface area contributed by atoms with E-state index in [2.05, 4.69) is 26.0 Å². The molecule has 1 saturated heterocycles. The van der Waals surface area contributed by atoms with Crippen molar-refractivity contribution in [1.29, 1.82) is 0 Å². The molecule has 164 valence electrons. The molecule has 0 bridgehead atoms. The number of anilines is 1. The van der Waals surface area contributed by atoms with Crippen LogP contribution in [-0.4, -0.2) is 42.8 Å². The Hall–Kier alpha value is -2.86. The van der Waals surface area contributed by atoms with Crippen LogP contribution in [0, 0.1) is 0 Å². The van der Waals surface area contributed by atoms with E-state index in [0.717, 1.165) is 29.7 Å². The van der Waals surface area contributed by atoms with E-state index in [1.165, 1.54) is 7.11 Å². The van der Waals surface area contributed by atoms with Crippen molar-refractivity contribution in [1.82, 2.24) is 4.90 Å². The van der Waals surface area contributed by atoms with E-state index in [4.69, 9.17) is 9.47 Å². The zero-order chi connectivity index (χ0) is 22.2. The molecule has 2 amide bonds. The number of carbonyl (C=O) groups is 2. The zero-order valence-electron chi connectivity index (χ0n) is 18.6. The lowest BCUT2D eigenvalue weighted by Crippen LogP contribution is -2.51. The Kier molecular flexibility index (Phi) is 5.52. The minimum Gasteiger partial charge on any atom is -0.452 e. The van der Waals surface area contributed by atoms with Crippen LogP contribution in [0.15, 0.2) is 54.6 Å². The van der Waals surface area contributed by atoms with Gasteiger partial charge in [-0.2, -0.15) is 0 Å². The summed E-state index contributed by atoms with van der Waals surface area (Å²) in [6.45, 7) is 4.70. The van der Waals surface area contributed by atoms with Crippen molar-refractivity contribution >= 4 is 17.7 Å². The summed E-state index contributed by atoms with van der Waals surface area (Å²) >= 11 is 0. The highest BCUT2D eigenvalue weighted by atomic mass is 16.5. The Balaban J connectivity index is 1.61. The van der Waals surface area contributed by atoms with E-state index < -0.39 is 17.7 Å². The fraction of sp³-hybridized carbons (Fsp3) is 0.440. The van der Waals surface area contributed by atoms with E-state index in [9.17, 15) is 9.59 Å². The van der Waals surface area contributed by atoms with E-state index in [0.29, 0.717) is 13.0 Å². The summed E-state index contributed by atoms with van der Waals surface area (Å²) in [5, 5.41) is 0. The molecule has 2 atom stereocenters. The number of likely N-dealkylation sites (tertiary alicyclic amines) is 1. The zero-order valence-corrected chi connectivity index (χ0v) is 18.6. The lowest BCUT2D eigenvalue weighted by molar-refractivity contribution is -0.127. The Morgan fingerprint density at radius 3 is 2.52 bits per heavy atom. The van der Waals surface area contributed by atoms with Crippen LogP contribution in [-0.2, 0) is 26.3 Å². The predicted octanol–water partition coefficient (Wildman–Crippen LogP) is 4.47. The number of rotatable bonds is 6. The Labute approximate surface area is 183 Å². The van der Waals surface area contributed by atoms with Gasteiger partial charge in [-0.05, 0) is 43.9 Å². The van der Waals surface area contributed by atoms with Crippen LogP contribution in [0.5, 0.6) is 0 Å². The first kappa shape index (κ1) is 21.4. The number of hydrogen-bond acceptors (Lipinski definition) is 4. The van der Waals surface area contributed by atoms with Gasteiger partial charge in [0, 0.05) is 18.9 Å². The van der Waals surface area contributed by atoms with Gasteiger partial charge in [-0.15, -0.1) is 0 Å². The molecule has 0 unspecified atom stereocenters. The van der Waals surface area contributed by atoms with Gasteiger partial charge >= 0.3 is 6.09 Å². The maximum atomic E-state index is 12.8. The van der Waals surface area contributed by atoms with E-state index in [-0.39, 0.29) is 11.5 Å². The second-order valence-electron chi connectivity index (χ2n) is 9.10. The molecule has 0 aromatic heterocycles. The molecule has 2 aliphatic heterocycles. The van der Waals surface area contributed by atoms with Gasteiger partial charge in [-0.3, -0.25) is 9.69 Å². The number of fused-ring (bicyclic) bond motifs is 3. The Bertz CT molecular complexity index is 974. The second kappa shape index (κ2) is 8.00. The van der Waals surface area contributed by atoms with Gasteiger partial charge in [-0.25, -0.2) is 4.79 Å². The molecule has 4 rings (SSSR count). The van der Waals surface area contributed by atoms with Crippen LogP contribution in [0.2, 0.25) is 0 Å². The van der Waals surface area contributed by atoms with Crippen molar-refractivity contribution in [2.45, 2.75) is 56.9 Å². The van der Waals surface area contributed by atoms with Crippen LogP contribution < -0.4 is 4.90 Å². The van der Waals surface area contributed by atoms with Gasteiger partial charge in [0.05, 0.1) is 25.0 Å². The van der Waals surface area contributed by atoms with Gasteiger partial charge in [0.2, 0.25) is 5.91 Å². The van der Waals surface area contributed by atoms with Crippen molar-refractivity contribution in [3.05, 3.63) is 65.7 Å². The van der Waals surface area contributed by atoms with Crippen molar-refractivity contribution in [2.75, 3.05) is 19.1 Å². The molecule has 6 nitrogen and oxygen atoms in total. The third kappa shape index (κ3) is 3.69. The van der Waals surface area contributed by atoms with Crippen LogP contribution in [0.4, 0.5) is 10.5 Å². The standard InChI is InChI=1S/C25H30N2O4/c1-24(2,31-17-18-10-6-5-7-11-18)14-15-25-16-21(28)26(3)22(25)27(23(29)30-4)20-13-9-8-12-19(20)25/h5-13,22H,14-17H2,1-4H3/t22-,25+/m1/s1. The monoisotopic (exact) mass is 422 g/mol. The molecule has 2 aliphatic rings. The highest BCUT2D eigenvalue weighted by Crippen LogP contribution is 2.55. The number of likely N-dealkylation sites (N-methyl/N-ethyl adjacent to an activating group) is 1. The van der Waals surface area contributed by atoms with Crippen molar-refractivity contribution in [3.8, 4) is 0 Å². The number of ether oxygens (including phenoxy) is 2. The number of para-hydroxylation sites is 1. The summed E-state index contributed by atoms with van der Waals surface area (Å²) in [5.41, 5.74) is 2.12. The summed E-state index contributed by atoms with van der Waals surface area (Å²) < 4.78 is 11.3. The number of carbonyl (C=O) groups excluding carboxylic acids is 2. The van der Waals surface area contributed by atoms with Gasteiger partial charge in [0.25, 0.3) is 0 Å². The molecule has 6 heteroatoms. The first-order valence-electron chi connectivity index (χ1n) is 10.7. The van der Waals surface area contributed by atoms with Crippen molar-refractivity contribution in [3.63, 3.8) is 0 Å². The van der Waals surface area contributed by atoms with Gasteiger partial charge < -0.3 is 14.4 Å². The second-order valence-corrected chi connectivity index (χ2v) is 9.10. The van der Waals surface area contributed by atoms with E-state index >= 15 is 0 Å². The molecule has 0 radical (unpaired) electrons. The fourth-order valence-corrected chi connectivity index (χ4v) is 4.98. The van der Waals surface area contributed by atoms with Crippen LogP contribution in [0.25, 0.3) is 0 Å².